The molecule has 0 aliphatic heterocycles. The van der Waals surface area contributed by atoms with E-state index in [0.717, 1.165) is 4.57 Å². The van der Waals surface area contributed by atoms with Gasteiger partial charge in [0, 0.05) is 19.1 Å². The third-order valence-corrected chi connectivity index (χ3v) is 2.04. The summed E-state index contributed by atoms with van der Waals surface area (Å²) in [6.45, 7) is 7.37. The van der Waals surface area contributed by atoms with Crippen LogP contribution in [0.3, 0.4) is 0 Å². The van der Waals surface area contributed by atoms with Gasteiger partial charge in [0.2, 0.25) is 0 Å². The van der Waals surface area contributed by atoms with Crippen LogP contribution < -0.4 is 17.1 Å². The molecule has 90 valence electrons. The van der Waals surface area contributed by atoms with Gasteiger partial charge in [-0.3, -0.25) is 0 Å². The lowest BCUT2D eigenvalue weighted by Gasteiger charge is -2.10. The normalized spacial score (nSPS) is 12.8. The summed E-state index contributed by atoms with van der Waals surface area (Å²) < 4.78 is 7.29. The molecule has 6 heteroatoms. The topological polar surface area (TPSA) is 69.5 Å². The zero-order chi connectivity index (χ0) is 12.5. The second-order valence-electron chi connectivity index (χ2n) is 4.18. The van der Waals surface area contributed by atoms with Crippen LogP contribution in [0.4, 0.5) is 0 Å². The summed E-state index contributed by atoms with van der Waals surface area (Å²) in [5.74, 6) is -0.693. The predicted octanol–water partition coefficient (Wildman–Crippen LogP) is 0.0300. The molecule has 0 saturated heterocycles. The maximum Gasteiger partial charge on any atom is 0.425 e. The fourth-order valence-electron chi connectivity index (χ4n) is 1.27. The summed E-state index contributed by atoms with van der Waals surface area (Å²) in [6.07, 6.45) is 0. The number of hydrogen-bond donors (Lipinski definition) is 0. The summed E-state index contributed by atoms with van der Waals surface area (Å²) >= 11 is 0. The quantitative estimate of drug-likeness (QED) is 0.715. The Morgan fingerprint density at radius 1 is 1.19 bits per heavy atom. The monoisotopic (exact) mass is 227 g/mol. The van der Waals surface area contributed by atoms with Gasteiger partial charge in [-0.15, -0.1) is 0 Å². The molecule has 0 N–H and O–H groups in total. The van der Waals surface area contributed by atoms with Gasteiger partial charge in [0.05, 0.1) is 0 Å². The maximum atomic E-state index is 11.8. The van der Waals surface area contributed by atoms with Crippen LogP contribution in [0.2, 0.25) is 0 Å². The van der Waals surface area contributed by atoms with Gasteiger partial charge >= 0.3 is 17.1 Å². The van der Waals surface area contributed by atoms with Crippen molar-refractivity contribution in [3.8, 4) is 0 Å². The van der Waals surface area contributed by atoms with Crippen molar-refractivity contribution < 1.29 is 4.42 Å². The van der Waals surface area contributed by atoms with Gasteiger partial charge in [0.25, 0.3) is 0 Å². The van der Waals surface area contributed by atoms with Crippen LogP contribution in [-0.4, -0.2) is 15.2 Å². The first-order chi connectivity index (χ1) is 7.34. The maximum absolute atomic E-state index is 11.8. The third-order valence-electron chi connectivity index (χ3n) is 2.04. The van der Waals surface area contributed by atoms with Gasteiger partial charge in [-0.1, -0.05) is 0 Å². The zero-order valence-corrected chi connectivity index (χ0v) is 10.2. The van der Waals surface area contributed by atoms with Crippen LogP contribution in [0, 0.1) is 0 Å². The SMILES string of the molecule is CC(C)N=c1oc(=O)n(C)c(=O)n1C(C)C. The lowest BCUT2D eigenvalue weighted by atomic mass is 10.4. The van der Waals surface area contributed by atoms with E-state index >= 15 is 0 Å². The molecular formula is C10H17N3O3. The largest absolute Gasteiger partial charge is 0.425 e. The van der Waals surface area contributed by atoms with Crippen LogP contribution in [-0.2, 0) is 7.05 Å². The Hall–Kier alpha value is -1.59. The van der Waals surface area contributed by atoms with E-state index < -0.39 is 11.4 Å². The van der Waals surface area contributed by atoms with E-state index in [0.29, 0.717) is 0 Å². The Labute approximate surface area is 92.9 Å². The first-order valence-corrected chi connectivity index (χ1v) is 5.21. The number of nitrogens with zero attached hydrogens (tertiary/aromatic N) is 3. The van der Waals surface area contributed by atoms with Gasteiger partial charge in [0.1, 0.15) is 0 Å². The Morgan fingerprint density at radius 2 is 1.75 bits per heavy atom. The fourth-order valence-corrected chi connectivity index (χ4v) is 1.27. The zero-order valence-electron chi connectivity index (χ0n) is 10.2. The number of rotatable bonds is 2. The molecule has 0 spiro atoms. The van der Waals surface area contributed by atoms with Crippen LogP contribution in [0.1, 0.15) is 33.7 Å². The number of hydrogen-bond acceptors (Lipinski definition) is 4. The van der Waals surface area contributed by atoms with Crippen LogP contribution in [0.25, 0.3) is 0 Å². The Kier molecular flexibility index (Phi) is 3.51. The minimum absolute atomic E-state index is 0.0414. The molecule has 0 atom stereocenters. The van der Waals surface area contributed by atoms with Gasteiger partial charge in [-0.2, -0.15) is 0 Å². The molecule has 0 radical (unpaired) electrons. The van der Waals surface area contributed by atoms with Crippen molar-refractivity contribution in [3.63, 3.8) is 0 Å². The molecule has 0 aliphatic carbocycles. The van der Waals surface area contributed by atoms with Crippen molar-refractivity contribution in [2.45, 2.75) is 39.8 Å². The molecule has 0 bridgehead atoms. The van der Waals surface area contributed by atoms with E-state index in [-0.39, 0.29) is 17.8 Å². The Balaban J connectivity index is 3.75. The predicted molar refractivity (Wildman–Crippen MR) is 59.3 cm³/mol. The van der Waals surface area contributed by atoms with Crippen LogP contribution >= 0.6 is 0 Å². The average Bonchev–Trinajstić information content (AvgIpc) is 2.12. The fraction of sp³-hybridized carbons (Fsp3) is 0.700. The molecule has 0 saturated carbocycles. The summed E-state index contributed by atoms with van der Waals surface area (Å²) in [5.41, 5.74) is -0.330. The van der Waals surface area contributed by atoms with Gasteiger partial charge in [-0.05, 0) is 27.7 Å². The van der Waals surface area contributed by atoms with Crippen LogP contribution in [0.5, 0.6) is 0 Å². The van der Waals surface area contributed by atoms with Crippen LogP contribution in [0.15, 0.2) is 19.0 Å². The van der Waals surface area contributed by atoms with Gasteiger partial charge < -0.3 is 4.42 Å². The highest BCUT2D eigenvalue weighted by Crippen LogP contribution is 1.93. The smallest absolute Gasteiger partial charge is 0.375 e. The number of aromatic nitrogens is 2. The highest BCUT2D eigenvalue weighted by atomic mass is 16.4. The minimum Gasteiger partial charge on any atom is -0.375 e. The summed E-state index contributed by atoms with van der Waals surface area (Å²) in [6, 6.07) is -0.152. The molecule has 0 fully saturated rings. The molecule has 0 aromatic carbocycles. The Morgan fingerprint density at radius 3 is 2.19 bits per heavy atom. The van der Waals surface area contributed by atoms with E-state index in [1.807, 2.05) is 27.7 Å². The van der Waals surface area contributed by atoms with Crippen molar-refractivity contribution in [1.29, 1.82) is 0 Å². The van der Waals surface area contributed by atoms with E-state index in [9.17, 15) is 9.59 Å². The standard InChI is InChI=1S/C10H17N3O3/c1-6(2)11-8-13(7(3)4)9(14)12(5)10(15)16-8/h6-7H,1-5H3. The van der Waals surface area contributed by atoms with Crippen molar-refractivity contribution in [2.75, 3.05) is 0 Å². The second-order valence-corrected chi connectivity index (χ2v) is 4.18. The summed E-state index contributed by atoms with van der Waals surface area (Å²) in [7, 11) is 1.38. The molecule has 1 rings (SSSR count). The van der Waals surface area contributed by atoms with Crippen molar-refractivity contribution in [3.05, 3.63) is 26.7 Å². The molecule has 16 heavy (non-hydrogen) atoms. The average molecular weight is 227 g/mol. The highest BCUT2D eigenvalue weighted by molar-refractivity contribution is 4.72. The van der Waals surface area contributed by atoms with E-state index in [4.69, 9.17) is 4.42 Å². The van der Waals surface area contributed by atoms with E-state index in [1.54, 1.807) is 0 Å². The molecule has 1 aromatic rings. The highest BCUT2D eigenvalue weighted by Gasteiger charge is 2.10. The Bertz CT molecular complexity index is 546. The van der Waals surface area contributed by atoms with Crippen molar-refractivity contribution in [1.82, 2.24) is 9.13 Å². The van der Waals surface area contributed by atoms with E-state index in [2.05, 4.69) is 4.99 Å². The summed E-state index contributed by atoms with van der Waals surface area (Å²) in [4.78, 5) is 27.3. The molecule has 0 amide bonds. The van der Waals surface area contributed by atoms with Crippen molar-refractivity contribution >= 4 is 0 Å². The first-order valence-electron chi connectivity index (χ1n) is 5.21. The minimum atomic E-state index is -0.693. The lowest BCUT2D eigenvalue weighted by Crippen LogP contribution is -2.46. The lowest BCUT2D eigenvalue weighted by molar-refractivity contribution is 0.303. The summed E-state index contributed by atoms with van der Waals surface area (Å²) in [5, 5.41) is 0. The molecule has 1 aromatic heterocycles. The second kappa shape index (κ2) is 4.51. The molecule has 1 heterocycles. The molecule has 6 nitrogen and oxygen atoms in total. The first kappa shape index (κ1) is 12.5. The molecule has 0 aliphatic rings. The van der Waals surface area contributed by atoms with Gasteiger partial charge in [0.15, 0.2) is 0 Å². The van der Waals surface area contributed by atoms with E-state index in [1.165, 1.54) is 11.6 Å². The van der Waals surface area contributed by atoms with Crippen molar-refractivity contribution in [2.24, 2.45) is 12.0 Å². The molecule has 0 unspecified atom stereocenters. The van der Waals surface area contributed by atoms with Gasteiger partial charge in [-0.25, -0.2) is 23.7 Å². The third kappa shape index (κ3) is 2.32. The molecular weight excluding hydrogens is 210 g/mol.